The fourth-order valence-electron chi connectivity index (χ4n) is 2.03. The second kappa shape index (κ2) is 4.99. The maximum absolute atomic E-state index is 11.4. The fourth-order valence-corrected chi connectivity index (χ4v) is 2.03. The van der Waals surface area contributed by atoms with Crippen LogP contribution in [0.3, 0.4) is 0 Å². The summed E-state index contributed by atoms with van der Waals surface area (Å²) in [7, 11) is 0. The minimum atomic E-state index is -0.377. The third-order valence-electron chi connectivity index (χ3n) is 2.79. The Kier molecular flexibility index (Phi) is 3.42. The Bertz CT molecular complexity index is 417. The van der Waals surface area contributed by atoms with E-state index >= 15 is 0 Å². The molecule has 0 radical (unpaired) electrons. The first-order valence-corrected chi connectivity index (χ1v) is 5.66. The molecular weight excluding hydrogens is 218 g/mol. The Balaban J connectivity index is 1.83. The van der Waals surface area contributed by atoms with E-state index in [4.69, 9.17) is 4.74 Å². The maximum Gasteiger partial charge on any atom is 0.325 e. The van der Waals surface area contributed by atoms with Gasteiger partial charge < -0.3 is 10.1 Å². The Hall–Kier alpha value is -1.84. The molecule has 0 heterocycles. The summed E-state index contributed by atoms with van der Waals surface area (Å²) in [6, 6.07) is 8.08. The summed E-state index contributed by atoms with van der Waals surface area (Å²) in [6.07, 6.45) is 1.44. The van der Waals surface area contributed by atoms with Crippen LogP contribution in [0, 0.1) is 0 Å². The molecule has 4 nitrogen and oxygen atoms in total. The molecule has 1 amide bonds. The second-order valence-electron chi connectivity index (χ2n) is 4.20. The highest BCUT2D eigenvalue weighted by Crippen LogP contribution is 2.23. The summed E-state index contributed by atoms with van der Waals surface area (Å²) in [5.41, 5.74) is 2.48. The summed E-state index contributed by atoms with van der Waals surface area (Å²) in [5, 5.41) is 2.43. The monoisotopic (exact) mass is 233 g/mol. The van der Waals surface area contributed by atoms with E-state index in [1.165, 1.54) is 18.1 Å². The third kappa shape index (κ3) is 3.06. The number of ether oxygens (including phenoxy) is 1. The minimum absolute atomic E-state index is 0.0534. The molecule has 0 aliphatic heterocycles. The highest BCUT2D eigenvalue weighted by Gasteiger charge is 2.23. The van der Waals surface area contributed by atoms with E-state index in [-0.39, 0.29) is 24.5 Å². The summed E-state index contributed by atoms with van der Waals surface area (Å²) >= 11 is 0. The van der Waals surface area contributed by atoms with Crippen LogP contribution in [0.2, 0.25) is 0 Å². The summed E-state index contributed by atoms with van der Waals surface area (Å²) in [5.74, 6) is -0.602. The van der Waals surface area contributed by atoms with Crippen molar-refractivity contribution >= 4 is 11.9 Å². The van der Waals surface area contributed by atoms with Crippen LogP contribution in [0.25, 0.3) is 0 Å². The summed E-state index contributed by atoms with van der Waals surface area (Å²) < 4.78 is 5.29. The average Bonchev–Trinajstić information content (AvgIpc) is 2.68. The van der Waals surface area contributed by atoms with Crippen LogP contribution in [0.1, 0.15) is 18.1 Å². The predicted octanol–water partition coefficient (Wildman–Crippen LogP) is 0.833. The van der Waals surface area contributed by atoms with E-state index < -0.39 is 0 Å². The summed E-state index contributed by atoms with van der Waals surface area (Å²) in [6.45, 7) is 1.32. The van der Waals surface area contributed by atoms with Crippen molar-refractivity contribution in [1.29, 1.82) is 0 Å². The molecule has 90 valence electrons. The van der Waals surface area contributed by atoms with Crippen molar-refractivity contribution in [2.24, 2.45) is 0 Å². The molecule has 0 unspecified atom stereocenters. The number of fused-ring (bicyclic) bond motifs is 1. The Morgan fingerprint density at radius 2 is 1.88 bits per heavy atom. The van der Waals surface area contributed by atoms with E-state index in [2.05, 4.69) is 17.4 Å². The fraction of sp³-hybridized carbons (Fsp3) is 0.385. The molecular formula is C13H15NO3. The van der Waals surface area contributed by atoms with Gasteiger partial charge in [0.15, 0.2) is 0 Å². The standard InChI is InChI=1S/C13H15NO3/c1-9(15)14-8-13(16)17-12-6-10-4-2-3-5-11(10)7-12/h2-5,12H,6-8H2,1H3,(H,14,15). The molecule has 1 aliphatic rings. The minimum Gasteiger partial charge on any atom is -0.460 e. The van der Waals surface area contributed by atoms with Crippen molar-refractivity contribution in [1.82, 2.24) is 5.32 Å². The second-order valence-corrected chi connectivity index (χ2v) is 4.20. The topological polar surface area (TPSA) is 55.4 Å². The molecule has 1 N–H and O–H groups in total. The smallest absolute Gasteiger partial charge is 0.325 e. The van der Waals surface area contributed by atoms with Gasteiger partial charge in [-0.2, -0.15) is 0 Å². The number of hydrogen-bond acceptors (Lipinski definition) is 3. The van der Waals surface area contributed by atoms with Crippen molar-refractivity contribution in [3.05, 3.63) is 35.4 Å². The van der Waals surface area contributed by atoms with E-state index in [0.717, 1.165) is 12.8 Å². The first kappa shape index (κ1) is 11.6. The number of esters is 1. The van der Waals surface area contributed by atoms with Crippen LogP contribution in [-0.4, -0.2) is 24.5 Å². The van der Waals surface area contributed by atoms with Crippen LogP contribution in [-0.2, 0) is 27.2 Å². The Morgan fingerprint density at radius 3 is 2.41 bits per heavy atom. The lowest BCUT2D eigenvalue weighted by molar-refractivity contribution is -0.148. The number of nitrogens with one attached hydrogen (secondary N) is 1. The van der Waals surface area contributed by atoms with E-state index in [9.17, 15) is 9.59 Å². The highest BCUT2D eigenvalue weighted by atomic mass is 16.5. The van der Waals surface area contributed by atoms with Crippen LogP contribution in [0.15, 0.2) is 24.3 Å². The number of carbonyl (C=O) groups is 2. The number of hydrogen-bond donors (Lipinski definition) is 1. The lowest BCUT2D eigenvalue weighted by Crippen LogP contribution is -2.31. The molecule has 17 heavy (non-hydrogen) atoms. The molecule has 4 heteroatoms. The molecule has 1 aliphatic carbocycles. The van der Waals surface area contributed by atoms with E-state index in [0.29, 0.717) is 0 Å². The van der Waals surface area contributed by atoms with Crippen molar-refractivity contribution in [3.63, 3.8) is 0 Å². The van der Waals surface area contributed by atoms with Crippen molar-refractivity contribution in [2.75, 3.05) is 6.54 Å². The zero-order valence-electron chi connectivity index (χ0n) is 9.73. The predicted molar refractivity (Wildman–Crippen MR) is 62.4 cm³/mol. The molecule has 0 atom stereocenters. The van der Waals surface area contributed by atoms with Gasteiger partial charge in [0, 0.05) is 19.8 Å². The molecule has 0 saturated heterocycles. The first-order valence-electron chi connectivity index (χ1n) is 5.66. The number of carbonyl (C=O) groups excluding carboxylic acids is 2. The lowest BCUT2D eigenvalue weighted by Gasteiger charge is -2.11. The number of rotatable bonds is 3. The van der Waals surface area contributed by atoms with E-state index in [1.807, 2.05) is 12.1 Å². The zero-order chi connectivity index (χ0) is 12.3. The highest BCUT2D eigenvalue weighted by molar-refractivity contribution is 5.80. The van der Waals surface area contributed by atoms with Gasteiger partial charge in [-0.3, -0.25) is 9.59 Å². The van der Waals surface area contributed by atoms with Crippen molar-refractivity contribution in [2.45, 2.75) is 25.9 Å². The molecule has 0 spiro atoms. The van der Waals surface area contributed by atoms with Gasteiger partial charge in [0.2, 0.25) is 5.91 Å². The van der Waals surface area contributed by atoms with Gasteiger partial charge in [0.1, 0.15) is 12.6 Å². The van der Waals surface area contributed by atoms with E-state index in [1.54, 1.807) is 0 Å². The molecule has 1 aromatic rings. The quantitative estimate of drug-likeness (QED) is 0.787. The first-order chi connectivity index (χ1) is 8.15. The molecule has 2 rings (SSSR count). The van der Waals surface area contributed by atoms with Gasteiger partial charge in [-0.25, -0.2) is 0 Å². The van der Waals surface area contributed by atoms with Crippen LogP contribution >= 0.6 is 0 Å². The van der Waals surface area contributed by atoms with Gasteiger partial charge in [0.25, 0.3) is 0 Å². The van der Waals surface area contributed by atoms with Gasteiger partial charge in [-0.05, 0) is 11.1 Å². The van der Waals surface area contributed by atoms with Crippen LogP contribution in [0.5, 0.6) is 0 Å². The van der Waals surface area contributed by atoms with Crippen molar-refractivity contribution in [3.8, 4) is 0 Å². The van der Waals surface area contributed by atoms with Crippen molar-refractivity contribution < 1.29 is 14.3 Å². The lowest BCUT2D eigenvalue weighted by atomic mass is 10.1. The molecule has 1 aromatic carbocycles. The maximum atomic E-state index is 11.4. The number of benzene rings is 1. The van der Waals surface area contributed by atoms with Crippen LogP contribution in [0.4, 0.5) is 0 Å². The summed E-state index contributed by atoms with van der Waals surface area (Å²) in [4.78, 5) is 22.1. The Labute approximate surface area is 100.0 Å². The normalized spacial score (nSPS) is 14.2. The zero-order valence-corrected chi connectivity index (χ0v) is 9.73. The largest absolute Gasteiger partial charge is 0.460 e. The number of amides is 1. The van der Waals surface area contributed by atoms with Gasteiger partial charge in [0.05, 0.1) is 0 Å². The Morgan fingerprint density at radius 1 is 1.29 bits per heavy atom. The molecule has 0 saturated carbocycles. The van der Waals surface area contributed by atoms with Gasteiger partial charge in [-0.1, -0.05) is 24.3 Å². The molecule has 0 aromatic heterocycles. The molecule has 0 fully saturated rings. The average molecular weight is 233 g/mol. The third-order valence-corrected chi connectivity index (χ3v) is 2.79. The van der Waals surface area contributed by atoms with Crippen LogP contribution < -0.4 is 5.32 Å². The SMILES string of the molecule is CC(=O)NCC(=O)OC1Cc2ccccc2C1. The van der Waals surface area contributed by atoms with Gasteiger partial charge in [-0.15, -0.1) is 0 Å². The molecule has 0 bridgehead atoms. The van der Waals surface area contributed by atoms with Gasteiger partial charge >= 0.3 is 5.97 Å².